The average molecular weight is 554 g/mol. The predicted molar refractivity (Wildman–Crippen MR) is 140 cm³/mol. The Hall–Kier alpha value is -1.97. The van der Waals surface area contributed by atoms with E-state index < -0.39 is 0 Å². The van der Waals surface area contributed by atoms with E-state index in [0.717, 1.165) is 37.7 Å². The fraction of sp³-hybridized carbons (Fsp3) is 0.458. The van der Waals surface area contributed by atoms with Gasteiger partial charge in [0, 0.05) is 10.4 Å². The van der Waals surface area contributed by atoms with Crippen LogP contribution in [0.1, 0.15) is 77.1 Å². The third-order valence-corrected chi connectivity index (χ3v) is 7.34. The van der Waals surface area contributed by atoms with Crippen LogP contribution in [0.2, 0.25) is 0 Å². The number of anilines is 1. The number of amides is 1. The van der Waals surface area contributed by atoms with Crippen molar-refractivity contribution in [2.24, 2.45) is 0 Å². The Morgan fingerprint density at radius 3 is 2.73 bits per heavy atom. The van der Waals surface area contributed by atoms with Crippen LogP contribution in [-0.2, 0) is 17.6 Å². The van der Waals surface area contributed by atoms with Crippen molar-refractivity contribution in [3.8, 4) is 5.75 Å². The highest BCUT2D eigenvalue weighted by atomic mass is 79.9. The number of rotatable bonds is 10. The third-order valence-electron chi connectivity index (χ3n) is 5.30. The van der Waals surface area contributed by atoms with E-state index in [2.05, 4.69) is 33.5 Å². The number of fused-ring (bicyclic) bond motifs is 1. The van der Waals surface area contributed by atoms with Gasteiger partial charge >= 0.3 is 5.97 Å². The van der Waals surface area contributed by atoms with Gasteiger partial charge in [0.1, 0.15) is 10.8 Å². The maximum absolute atomic E-state index is 12.7. The Bertz CT molecular complexity index is 1020. The van der Waals surface area contributed by atoms with Crippen LogP contribution < -0.4 is 15.4 Å². The highest BCUT2D eigenvalue weighted by Crippen LogP contribution is 2.39. The first-order valence-corrected chi connectivity index (χ1v) is 13.3. The second kappa shape index (κ2) is 12.5. The van der Waals surface area contributed by atoms with Gasteiger partial charge in [0.05, 0.1) is 23.2 Å². The molecule has 178 valence electrons. The van der Waals surface area contributed by atoms with E-state index in [4.69, 9.17) is 21.7 Å². The number of carbonyl (C=O) groups is 2. The zero-order valence-corrected chi connectivity index (χ0v) is 22.1. The summed E-state index contributed by atoms with van der Waals surface area (Å²) in [6.07, 6.45) is 7.35. The van der Waals surface area contributed by atoms with E-state index in [1.54, 1.807) is 25.1 Å². The molecule has 1 amide bonds. The highest BCUT2D eigenvalue weighted by molar-refractivity contribution is 9.10. The second-order valence-electron chi connectivity index (χ2n) is 7.74. The average Bonchev–Trinajstić information content (AvgIpc) is 3.35. The van der Waals surface area contributed by atoms with Crippen LogP contribution in [0.25, 0.3) is 0 Å². The van der Waals surface area contributed by atoms with Gasteiger partial charge in [-0.2, -0.15) is 0 Å². The first-order chi connectivity index (χ1) is 15.9. The lowest BCUT2D eigenvalue weighted by Gasteiger charge is -2.12. The largest absolute Gasteiger partial charge is 0.492 e. The lowest BCUT2D eigenvalue weighted by molar-refractivity contribution is 0.0527. The van der Waals surface area contributed by atoms with Crippen LogP contribution in [-0.4, -0.2) is 30.2 Å². The Morgan fingerprint density at radius 2 is 2.00 bits per heavy atom. The van der Waals surface area contributed by atoms with E-state index in [0.29, 0.717) is 39.6 Å². The molecule has 0 bridgehead atoms. The topological polar surface area (TPSA) is 76.7 Å². The van der Waals surface area contributed by atoms with Gasteiger partial charge in [0.2, 0.25) is 0 Å². The lowest BCUT2D eigenvalue weighted by atomic mass is 10.1. The zero-order chi connectivity index (χ0) is 23.8. The van der Waals surface area contributed by atoms with Crippen LogP contribution in [0.3, 0.4) is 0 Å². The summed E-state index contributed by atoms with van der Waals surface area (Å²) in [5, 5.41) is 6.48. The van der Waals surface area contributed by atoms with E-state index in [1.807, 2.05) is 0 Å². The number of aryl methyl sites for hydroxylation is 1. The Morgan fingerprint density at radius 1 is 1.18 bits per heavy atom. The van der Waals surface area contributed by atoms with Crippen molar-refractivity contribution in [3.05, 3.63) is 44.2 Å². The molecule has 6 nitrogen and oxygen atoms in total. The van der Waals surface area contributed by atoms with Gasteiger partial charge < -0.3 is 14.8 Å². The molecule has 0 unspecified atom stereocenters. The molecule has 0 radical (unpaired) electrons. The molecule has 1 aliphatic carbocycles. The molecule has 1 heterocycles. The number of ether oxygens (including phenoxy) is 2. The van der Waals surface area contributed by atoms with Gasteiger partial charge in [-0.25, -0.2) is 4.79 Å². The molecule has 0 saturated heterocycles. The van der Waals surface area contributed by atoms with Crippen molar-refractivity contribution in [1.29, 1.82) is 0 Å². The van der Waals surface area contributed by atoms with Gasteiger partial charge in [0.15, 0.2) is 5.11 Å². The molecule has 0 saturated carbocycles. The minimum absolute atomic E-state index is 0.137. The quantitative estimate of drug-likeness (QED) is 0.206. The molecular weight excluding hydrogens is 524 g/mol. The number of thiocarbonyl (C=S) groups is 1. The molecule has 9 heteroatoms. The van der Waals surface area contributed by atoms with Gasteiger partial charge in [0.25, 0.3) is 5.91 Å². The molecule has 1 aliphatic rings. The number of nitrogens with one attached hydrogen (secondary N) is 2. The number of carbonyl (C=O) groups excluding carboxylic acids is 2. The Labute approximate surface area is 212 Å². The number of hydrogen-bond donors (Lipinski definition) is 2. The first kappa shape index (κ1) is 25.6. The maximum Gasteiger partial charge on any atom is 0.341 e. The number of halogens is 1. The summed E-state index contributed by atoms with van der Waals surface area (Å²) in [6, 6.07) is 5.19. The number of esters is 1. The van der Waals surface area contributed by atoms with Gasteiger partial charge in [-0.3, -0.25) is 10.1 Å². The lowest BCUT2D eigenvalue weighted by Crippen LogP contribution is -2.34. The van der Waals surface area contributed by atoms with Crippen LogP contribution in [0.15, 0.2) is 22.7 Å². The molecular formula is C24H29BrN2O4S2. The molecule has 2 N–H and O–H groups in total. The minimum Gasteiger partial charge on any atom is -0.492 e. The number of benzene rings is 1. The van der Waals surface area contributed by atoms with Crippen LogP contribution in [0.5, 0.6) is 5.75 Å². The van der Waals surface area contributed by atoms with Crippen molar-refractivity contribution >= 4 is 61.5 Å². The van der Waals surface area contributed by atoms with Crippen LogP contribution in [0, 0.1) is 0 Å². The molecule has 0 spiro atoms. The predicted octanol–water partition coefficient (Wildman–Crippen LogP) is 6.26. The minimum atomic E-state index is -0.359. The Kier molecular flexibility index (Phi) is 9.70. The van der Waals surface area contributed by atoms with Gasteiger partial charge in [-0.1, -0.05) is 26.2 Å². The second-order valence-corrected chi connectivity index (χ2v) is 10.1. The number of unbranched alkanes of at least 4 members (excludes halogenated alkanes) is 3. The standard InChI is InChI=1S/C24H29BrN2O4S2/c1-3-5-6-7-13-31-18-12-11-15(14-17(18)25)21(28)26-24(32)27-22-20(23(29)30-4-2)16-9-8-10-19(16)33-22/h11-12,14H,3-10,13H2,1-2H3,(H2,26,27,28,32). The molecule has 33 heavy (non-hydrogen) atoms. The van der Waals surface area contributed by atoms with Crippen LogP contribution >= 0.6 is 39.5 Å². The molecule has 1 aromatic carbocycles. The van der Waals surface area contributed by atoms with Crippen LogP contribution in [0.4, 0.5) is 5.00 Å². The maximum atomic E-state index is 12.7. The zero-order valence-electron chi connectivity index (χ0n) is 18.9. The molecule has 0 fully saturated rings. The highest BCUT2D eigenvalue weighted by Gasteiger charge is 2.28. The molecule has 0 aliphatic heterocycles. The number of hydrogen-bond acceptors (Lipinski definition) is 6. The first-order valence-electron chi connectivity index (χ1n) is 11.3. The summed E-state index contributed by atoms with van der Waals surface area (Å²) in [7, 11) is 0. The fourth-order valence-electron chi connectivity index (χ4n) is 3.69. The molecule has 2 aromatic rings. The normalized spacial score (nSPS) is 12.2. The SMILES string of the molecule is CCCCCCOc1ccc(C(=O)NC(=S)Nc2sc3c(c2C(=O)OCC)CCC3)cc1Br. The molecule has 3 rings (SSSR count). The summed E-state index contributed by atoms with van der Waals surface area (Å²) >= 11 is 10.3. The summed E-state index contributed by atoms with van der Waals surface area (Å²) in [4.78, 5) is 26.4. The summed E-state index contributed by atoms with van der Waals surface area (Å²) < 4.78 is 11.8. The van der Waals surface area contributed by atoms with Gasteiger partial charge in [-0.05, 0) is 84.5 Å². The van der Waals surface area contributed by atoms with E-state index in [-0.39, 0.29) is 17.0 Å². The van der Waals surface area contributed by atoms with Crippen molar-refractivity contribution in [1.82, 2.24) is 5.32 Å². The molecule has 0 atom stereocenters. The van der Waals surface area contributed by atoms with E-state index >= 15 is 0 Å². The van der Waals surface area contributed by atoms with Crippen molar-refractivity contribution in [3.63, 3.8) is 0 Å². The summed E-state index contributed by atoms with van der Waals surface area (Å²) in [5.74, 6) is 0.00291. The molecule has 1 aromatic heterocycles. The smallest absolute Gasteiger partial charge is 0.341 e. The van der Waals surface area contributed by atoms with Crippen molar-refractivity contribution < 1.29 is 19.1 Å². The third kappa shape index (κ3) is 6.77. The van der Waals surface area contributed by atoms with E-state index in [9.17, 15) is 9.59 Å². The van der Waals surface area contributed by atoms with Crippen molar-refractivity contribution in [2.45, 2.75) is 58.8 Å². The number of thiophene rings is 1. The fourth-order valence-corrected chi connectivity index (χ4v) is 5.73. The summed E-state index contributed by atoms with van der Waals surface area (Å²) in [6.45, 7) is 4.90. The Balaban J connectivity index is 1.61. The monoisotopic (exact) mass is 552 g/mol. The van der Waals surface area contributed by atoms with Crippen molar-refractivity contribution in [2.75, 3.05) is 18.5 Å². The summed E-state index contributed by atoms with van der Waals surface area (Å²) in [5.41, 5.74) is 2.02. The van der Waals surface area contributed by atoms with E-state index in [1.165, 1.54) is 29.1 Å². The van der Waals surface area contributed by atoms with Gasteiger partial charge in [-0.15, -0.1) is 11.3 Å².